The van der Waals surface area contributed by atoms with Crippen LogP contribution in [-0.4, -0.2) is 4.98 Å². The first kappa shape index (κ1) is 13.7. The Morgan fingerprint density at radius 3 is 2.90 bits per heavy atom. The van der Waals surface area contributed by atoms with Crippen LogP contribution in [0.3, 0.4) is 0 Å². The molecule has 4 heteroatoms. The molecule has 0 aliphatic heterocycles. The number of hydrogen-bond acceptors (Lipinski definition) is 3. The summed E-state index contributed by atoms with van der Waals surface area (Å²) in [4.78, 5) is 5.79. The molecule has 0 spiro atoms. The molecule has 0 fully saturated rings. The summed E-state index contributed by atoms with van der Waals surface area (Å²) in [6, 6.07) is 5.17. The van der Waals surface area contributed by atoms with Gasteiger partial charge in [-0.3, -0.25) is 0 Å². The molecule has 1 aliphatic carbocycles. The number of thiazole rings is 1. The lowest BCUT2D eigenvalue weighted by Gasteiger charge is -2.32. The van der Waals surface area contributed by atoms with Crippen molar-refractivity contribution in [2.24, 2.45) is 11.1 Å². The van der Waals surface area contributed by atoms with Crippen LogP contribution in [0.4, 0.5) is 4.39 Å². The van der Waals surface area contributed by atoms with Crippen molar-refractivity contribution < 1.29 is 4.39 Å². The summed E-state index contributed by atoms with van der Waals surface area (Å²) in [5.74, 6) is -0.213. The lowest BCUT2D eigenvalue weighted by atomic mass is 9.77. The zero-order valence-corrected chi connectivity index (χ0v) is 12.9. The maximum absolute atomic E-state index is 14.0. The average Bonchev–Trinajstić information content (AvgIpc) is 2.74. The SMILES string of the molecule is Cc1ccc(F)c(-c2nc3c(s2)C(N)CC(C)(C)C3)c1. The summed E-state index contributed by atoms with van der Waals surface area (Å²) in [5.41, 5.74) is 9.11. The molecule has 1 unspecified atom stereocenters. The van der Waals surface area contributed by atoms with Gasteiger partial charge in [-0.15, -0.1) is 11.3 Å². The van der Waals surface area contributed by atoms with Crippen LogP contribution < -0.4 is 5.73 Å². The summed E-state index contributed by atoms with van der Waals surface area (Å²) >= 11 is 1.54. The molecule has 2 nitrogen and oxygen atoms in total. The lowest BCUT2D eigenvalue weighted by molar-refractivity contribution is 0.282. The molecule has 0 saturated carbocycles. The summed E-state index contributed by atoms with van der Waals surface area (Å²) in [6.45, 7) is 6.38. The molecule has 1 atom stereocenters. The Morgan fingerprint density at radius 2 is 2.15 bits per heavy atom. The van der Waals surface area contributed by atoms with Gasteiger partial charge in [0.25, 0.3) is 0 Å². The highest BCUT2D eigenvalue weighted by Gasteiger charge is 2.33. The number of aryl methyl sites for hydroxylation is 1. The third kappa shape index (κ3) is 2.38. The Morgan fingerprint density at radius 1 is 1.40 bits per heavy atom. The Kier molecular flexibility index (Phi) is 3.18. The zero-order valence-electron chi connectivity index (χ0n) is 12.0. The van der Waals surface area contributed by atoms with Gasteiger partial charge < -0.3 is 5.73 Å². The van der Waals surface area contributed by atoms with Gasteiger partial charge in [-0.25, -0.2) is 9.37 Å². The molecular weight excluding hydrogens is 271 g/mol. The Balaban J connectivity index is 2.08. The van der Waals surface area contributed by atoms with Gasteiger partial charge in [0, 0.05) is 16.5 Å². The number of rotatable bonds is 1. The first-order valence-electron chi connectivity index (χ1n) is 6.87. The minimum atomic E-state index is -0.213. The average molecular weight is 290 g/mol. The van der Waals surface area contributed by atoms with Gasteiger partial charge >= 0.3 is 0 Å². The number of hydrogen-bond donors (Lipinski definition) is 1. The van der Waals surface area contributed by atoms with E-state index in [0.717, 1.165) is 34.0 Å². The Labute approximate surface area is 122 Å². The molecule has 2 N–H and O–H groups in total. The van der Waals surface area contributed by atoms with Crippen molar-refractivity contribution in [2.45, 2.75) is 39.7 Å². The molecule has 2 aromatic rings. The molecule has 20 heavy (non-hydrogen) atoms. The van der Waals surface area contributed by atoms with Crippen LogP contribution in [0, 0.1) is 18.2 Å². The third-order valence-electron chi connectivity index (χ3n) is 3.84. The predicted molar refractivity (Wildman–Crippen MR) is 81.3 cm³/mol. The van der Waals surface area contributed by atoms with Crippen LogP contribution in [0.25, 0.3) is 10.6 Å². The topological polar surface area (TPSA) is 38.9 Å². The molecule has 0 radical (unpaired) electrons. The lowest BCUT2D eigenvalue weighted by Crippen LogP contribution is -2.28. The van der Waals surface area contributed by atoms with Gasteiger partial charge in [-0.2, -0.15) is 0 Å². The molecule has 1 heterocycles. The van der Waals surface area contributed by atoms with E-state index in [1.165, 1.54) is 6.07 Å². The quantitative estimate of drug-likeness (QED) is 0.853. The minimum absolute atomic E-state index is 0.0212. The summed E-state index contributed by atoms with van der Waals surface area (Å²) in [5, 5.41) is 0.754. The molecule has 0 amide bonds. The fourth-order valence-corrected chi connectivity index (χ4v) is 4.01. The van der Waals surface area contributed by atoms with Gasteiger partial charge in [-0.05, 0) is 37.3 Å². The number of nitrogens with zero attached hydrogens (tertiary/aromatic N) is 1. The highest BCUT2D eigenvalue weighted by atomic mass is 32.1. The fraction of sp³-hybridized carbons (Fsp3) is 0.438. The van der Waals surface area contributed by atoms with Crippen molar-refractivity contribution >= 4 is 11.3 Å². The van der Waals surface area contributed by atoms with Gasteiger partial charge in [0.05, 0.1) is 5.69 Å². The summed E-state index contributed by atoms with van der Waals surface area (Å²) < 4.78 is 14.0. The van der Waals surface area contributed by atoms with Gasteiger partial charge in [-0.1, -0.05) is 25.5 Å². The molecule has 106 valence electrons. The monoisotopic (exact) mass is 290 g/mol. The third-order valence-corrected chi connectivity index (χ3v) is 5.10. The maximum Gasteiger partial charge on any atom is 0.133 e. The van der Waals surface area contributed by atoms with Crippen molar-refractivity contribution in [1.29, 1.82) is 0 Å². The van der Waals surface area contributed by atoms with Gasteiger partial charge in [0.2, 0.25) is 0 Å². The number of benzene rings is 1. The molecule has 1 aromatic carbocycles. The number of halogens is 1. The second kappa shape index (κ2) is 4.64. The smallest absolute Gasteiger partial charge is 0.133 e. The molecule has 0 saturated heterocycles. The van der Waals surface area contributed by atoms with Crippen LogP contribution >= 0.6 is 11.3 Å². The van der Waals surface area contributed by atoms with Crippen molar-refractivity contribution in [3.05, 3.63) is 40.2 Å². The molecule has 1 aromatic heterocycles. The molecule has 3 rings (SSSR count). The van der Waals surface area contributed by atoms with Crippen molar-refractivity contribution in [3.63, 3.8) is 0 Å². The van der Waals surface area contributed by atoms with Crippen LogP contribution in [0.2, 0.25) is 0 Å². The van der Waals surface area contributed by atoms with E-state index in [-0.39, 0.29) is 17.3 Å². The normalized spacial score (nSPS) is 20.8. The van der Waals surface area contributed by atoms with Gasteiger partial charge in [0.1, 0.15) is 10.8 Å². The first-order chi connectivity index (χ1) is 9.35. The van der Waals surface area contributed by atoms with E-state index in [1.807, 2.05) is 13.0 Å². The van der Waals surface area contributed by atoms with E-state index in [9.17, 15) is 4.39 Å². The second-order valence-electron chi connectivity index (χ2n) is 6.46. The van der Waals surface area contributed by atoms with E-state index in [2.05, 4.69) is 18.8 Å². The minimum Gasteiger partial charge on any atom is -0.323 e. The maximum atomic E-state index is 14.0. The number of aromatic nitrogens is 1. The van der Waals surface area contributed by atoms with Crippen molar-refractivity contribution in [1.82, 2.24) is 4.98 Å². The molecule has 0 bridgehead atoms. The second-order valence-corrected chi connectivity index (χ2v) is 7.50. The van der Waals surface area contributed by atoms with Crippen molar-refractivity contribution in [3.8, 4) is 10.6 Å². The standard InChI is InChI=1S/C16H19FN2S/c1-9-4-5-11(17)10(6-9)15-19-13-8-16(2,3)7-12(18)14(13)20-15/h4-6,12H,7-8,18H2,1-3H3. The molecule has 1 aliphatic rings. The zero-order chi connectivity index (χ0) is 14.5. The highest BCUT2D eigenvalue weighted by Crippen LogP contribution is 2.44. The Hall–Kier alpha value is -1.26. The van der Waals surface area contributed by atoms with E-state index >= 15 is 0 Å². The van der Waals surface area contributed by atoms with Crippen LogP contribution in [0.15, 0.2) is 18.2 Å². The fourth-order valence-electron chi connectivity index (χ4n) is 2.91. The van der Waals surface area contributed by atoms with Crippen LogP contribution in [-0.2, 0) is 6.42 Å². The largest absolute Gasteiger partial charge is 0.323 e. The summed E-state index contributed by atoms with van der Waals surface area (Å²) in [6.07, 6.45) is 1.87. The van der Waals surface area contributed by atoms with Crippen LogP contribution in [0.5, 0.6) is 0 Å². The highest BCUT2D eigenvalue weighted by molar-refractivity contribution is 7.15. The molecular formula is C16H19FN2S. The van der Waals surface area contributed by atoms with E-state index in [1.54, 1.807) is 17.4 Å². The van der Waals surface area contributed by atoms with Crippen LogP contribution in [0.1, 0.15) is 42.4 Å². The number of nitrogens with two attached hydrogens (primary N) is 1. The van der Waals surface area contributed by atoms with E-state index in [4.69, 9.17) is 5.73 Å². The summed E-state index contributed by atoms with van der Waals surface area (Å²) in [7, 11) is 0. The van der Waals surface area contributed by atoms with E-state index < -0.39 is 0 Å². The van der Waals surface area contributed by atoms with Gasteiger partial charge in [0.15, 0.2) is 0 Å². The Bertz CT molecular complexity index is 660. The first-order valence-corrected chi connectivity index (χ1v) is 7.69. The van der Waals surface area contributed by atoms with Crippen molar-refractivity contribution in [2.75, 3.05) is 0 Å². The number of fused-ring (bicyclic) bond motifs is 1. The predicted octanol–water partition coefficient (Wildman–Crippen LogP) is 4.23. The van der Waals surface area contributed by atoms with E-state index in [0.29, 0.717) is 5.56 Å².